The molecule has 0 amide bonds. The molecule has 1 aliphatic heterocycles. The summed E-state index contributed by atoms with van der Waals surface area (Å²) in [6.07, 6.45) is 5.51. The first-order valence-electron chi connectivity index (χ1n) is 13.7. The van der Waals surface area contributed by atoms with Crippen molar-refractivity contribution in [2.45, 2.75) is 77.8 Å². The van der Waals surface area contributed by atoms with Gasteiger partial charge in [0.25, 0.3) is 0 Å². The average Bonchev–Trinajstić information content (AvgIpc) is 3.29. The summed E-state index contributed by atoms with van der Waals surface area (Å²) in [6, 6.07) is 4.73. The number of nitrogens with zero attached hydrogens (tertiary/aromatic N) is 5. The van der Waals surface area contributed by atoms with Gasteiger partial charge < -0.3 is 4.74 Å². The molecule has 10 heteroatoms. The van der Waals surface area contributed by atoms with Gasteiger partial charge in [-0.2, -0.15) is 18.3 Å². The van der Waals surface area contributed by atoms with Crippen molar-refractivity contribution in [2.24, 2.45) is 0 Å². The van der Waals surface area contributed by atoms with Gasteiger partial charge in [-0.25, -0.2) is 9.67 Å². The Kier molecular flexibility index (Phi) is 7.92. The van der Waals surface area contributed by atoms with Crippen LogP contribution in [-0.4, -0.2) is 61.8 Å². The van der Waals surface area contributed by atoms with Crippen LogP contribution in [0.4, 0.5) is 13.2 Å². The fraction of sp³-hybridized carbons (Fsp3) is 0.467. The lowest BCUT2D eigenvalue weighted by molar-refractivity contribution is -0.137. The van der Waals surface area contributed by atoms with Gasteiger partial charge in [0.15, 0.2) is 11.6 Å². The number of rotatable bonds is 6. The third-order valence-corrected chi connectivity index (χ3v) is 7.75. The topological polar surface area (TPSA) is 73.1 Å². The third kappa shape index (κ3) is 6.02. The van der Waals surface area contributed by atoms with Crippen LogP contribution in [0.15, 0.2) is 42.9 Å². The Bertz CT molecular complexity index is 1400. The summed E-state index contributed by atoms with van der Waals surface area (Å²) in [5.74, 6) is 0.0744. The summed E-state index contributed by atoms with van der Waals surface area (Å²) in [6.45, 7) is 9.93. The second-order valence-electron chi connectivity index (χ2n) is 10.9. The van der Waals surface area contributed by atoms with Crippen LogP contribution in [-0.2, 0) is 17.3 Å². The number of ether oxygens (including phenoxy) is 1. The Morgan fingerprint density at radius 2 is 1.82 bits per heavy atom. The van der Waals surface area contributed by atoms with E-state index in [1.807, 2.05) is 13.0 Å². The van der Waals surface area contributed by atoms with Gasteiger partial charge in [0, 0.05) is 37.9 Å². The second kappa shape index (κ2) is 11.2. The van der Waals surface area contributed by atoms with Crippen molar-refractivity contribution in [3.8, 4) is 5.82 Å². The molecule has 0 bridgehead atoms. The molecule has 1 unspecified atom stereocenters. The minimum Gasteiger partial charge on any atom is -0.373 e. The quantitative estimate of drug-likeness (QED) is 0.361. The first-order valence-corrected chi connectivity index (χ1v) is 13.7. The highest BCUT2D eigenvalue weighted by Gasteiger charge is 2.31. The molecule has 0 aromatic carbocycles. The van der Waals surface area contributed by atoms with Crippen molar-refractivity contribution < 1.29 is 22.7 Å². The van der Waals surface area contributed by atoms with E-state index in [1.165, 1.54) is 22.5 Å². The normalized spacial score (nSPS) is 22.3. The van der Waals surface area contributed by atoms with Crippen molar-refractivity contribution in [1.82, 2.24) is 24.6 Å². The predicted molar refractivity (Wildman–Crippen MR) is 145 cm³/mol. The number of pyridine rings is 2. The predicted octanol–water partition coefficient (Wildman–Crippen LogP) is 5.77. The van der Waals surface area contributed by atoms with Crippen molar-refractivity contribution in [1.29, 1.82) is 0 Å². The van der Waals surface area contributed by atoms with Crippen molar-refractivity contribution in [3.63, 3.8) is 0 Å². The van der Waals surface area contributed by atoms with E-state index in [0.29, 0.717) is 17.3 Å². The number of hydrogen-bond donors (Lipinski definition) is 0. The Balaban J connectivity index is 1.24. The standard InChI is InChI=1S/C30H34F3N5O2/c1-18-11-22(13-35-29(18)23-5-8-25(9-6-23)37-16-19(2)40-20(3)17-37)12-27(39)26-15-36-38(21(26)4)28-10-7-24(14-34-28)30(31,32)33/h5,7,10-11,13-15,19-20,25H,6,8-9,12,16-17H2,1-4H3/t19-,20+,25?. The van der Waals surface area contributed by atoms with Crippen molar-refractivity contribution >= 4 is 11.4 Å². The molecule has 1 saturated heterocycles. The van der Waals surface area contributed by atoms with Crippen LogP contribution in [0.25, 0.3) is 11.4 Å². The zero-order valence-electron chi connectivity index (χ0n) is 23.2. The number of aromatic nitrogens is 4. The highest BCUT2D eigenvalue weighted by molar-refractivity contribution is 5.98. The Morgan fingerprint density at radius 3 is 2.42 bits per heavy atom. The zero-order chi connectivity index (χ0) is 28.6. The van der Waals surface area contributed by atoms with E-state index in [1.54, 1.807) is 13.1 Å². The average molecular weight is 554 g/mol. The van der Waals surface area contributed by atoms with Crippen LogP contribution in [0.2, 0.25) is 0 Å². The number of aryl methyl sites for hydroxylation is 1. The second-order valence-corrected chi connectivity index (χ2v) is 10.9. The highest BCUT2D eigenvalue weighted by atomic mass is 19.4. The molecule has 5 rings (SSSR count). The number of allylic oxidation sites excluding steroid dienone is 1. The van der Waals surface area contributed by atoms with Crippen LogP contribution in [0.1, 0.15) is 71.5 Å². The summed E-state index contributed by atoms with van der Waals surface area (Å²) in [5, 5.41) is 4.20. The molecule has 4 heterocycles. The number of ketones is 1. The van der Waals surface area contributed by atoms with E-state index in [4.69, 9.17) is 9.72 Å². The lowest BCUT2D eigenvalue weighted by Crippen LogP contribution is -2.50. The van der Waals surface area contributed by atoms with E-state index in [9.17, 15) is 18.0 Å². The lowest BCUT2D eigenvalue weighted by Gasteiger charge is -2.41. The number of carbonyl (C=O) groups is 1. The molecular formula is C30H34F3N5O2. The molecule has 0 spiro atoms. The van der Waals surface area contributed by atoms with Crippen molar-refractivity contribution in [2.75, 3.05) is 13.1 Å². The summed E-state index contributed by atoms with van der Waals surface area (Å²) in [5.41, 5.74) is 4.15. The lowest BCUT2D eigenvalue weighted by atomic mass is 9.89. The van der Waals surface area contributed by atoms with Crippen LogP contribution in [0.5, 0.6) is 0 Å². The number of morpholine rings is 1. The first kappa shape index (κ1) is 28.2. The molecule has 1 aliphatic carbocycles. The minimum absolute atomic E-state index is 0.140. The van der Waals surface area contributed by atoms with Gasteiger partial charge in [-0.3, -0.25) is 14.7 Å². The number of halogens is 3. The third-order valence-electron chi connectivity index (χ3n) is 7.75. The maximum atomic E-state index is 13.1. The van der Waals surface area contributed by atoms with E-state index in [-0.39, 0.29) is 30.2 Å². The van der Waals surface area contributed by atoms with E-state index >= 15 is 0 Å². The van der Waals surface area contributed by atoms with Crippen LogP contribution >= 0.6 is 0 Å². The monoisotopic (exact) mass is 553 g/mol. The van der Waals surface area contributed by atoms with Gasteiger partial charge in [0.2, 0.25) is 0 Å². The zero-order valence-corrected chi connectivity index (χ0v) is 23.2. The largest absolute Gasteiger partial charge is 0.417 e. The van der Waals surface area contributed by atoms with E-state index < -0.39 is 11.7 Å². The minimum atomic E-state index is -4.47. The molecule has 1 fully saturated rings. The molecule has 0 saturated carbocycles. The SMILES string of the molecule is Cc1cc(CC(=O)c2cnn(-c3ccc(C(F)(F)F)cn3)c2C)cnc1C1=CCC(N2C[C@@H](C)O[C@@H](C)C2)CC1. The fourth-order valence-corrected chi connectivity index (χ4v) is 5.82. The molecule has 212 valence electrons. The summed E-state index contributed by atoms with van der Waals surface area (Å²) in [4.78, 5) is 24.3. The van der Waals surface area contributed by atoms with Gasteiger partial charge in [-0.15, -0.1) is 0 Å². The van der Waals surface area contributed by atoms with Gasteiger partial charge >= 0.3 is 6.18 Å². The Labute approximate surface area is 232 Å². The molecule has 2 aliphatic rings. The van der Waals surface area contributed by atoms with Gasteiger partial charge in [-0.05, 0) is 75.8 Å². The molecule has 0 N–H and O–H groups in total. The van der Waals surface area contributed by atoms with E-state index in [2.05, 4.69) is 34.9 Å². The Hall–Kier alpha value is -3.37. The maximum Gasteiger partial charge on any atom is 0.417 e. The summed E-state index contributed by atoms with van der Waals surface area (Å²) in [7, 11) is 0. The highest BCUT2D eigenvalue weighted by Crippen LogP contribution is 2.32. The Morgan fingerprint density at radius 1 is 1.07 bits per heavy atom. The number of hydrogen-bond acceptors (Lipinski definition) is 6. The molecule has 3 atom stereocenters. The van der Waals surface area contributed by atoms with Crippen molar-refractivity contribution in [3.05, 3.63) is 76.5 Å². The molecular weight excluding hydrogens is 519 g/mol. The molecule has 3 aromatic heterocycles. The van der Waals surface area contributed by atoms with Gasteiger partial charge in [0.05, 0.1) is 40.9 Å². The smallest absolute Gasteiger partial charge is 0.373 e. The molecule has 40 heavy (non-hydrogen) atoms. The van der Waals surface area contributed by atoms with Gasteiger partial charge in [-0.1, -0.05) is 12.1 Å². The number of alkyl halides is 3. The van der Waals surface area contributed by atoms with Crippen LogP contribution in [0, 0.1) is 13.8 Å². The first-order chi connectivity index (χ1) is 19.0. The summed E-state index contributed by atoms with van der Waals surface area (Å²) >= 11 is 0. The molecule has 3 aromatic rings. The summed E-state index contributed by atoms with van der Waals surface area (Å²) < 4.78 is 45.9. The molecule has 7 nitrogen and oxygen atoms in total. The maximum absolute atomic E-state index is 13.1. The van der Waals surface area contributed by atoms with Crippen LogP contribution in [0.3, 0.4) is 0 Å². The molecule has 0 radical (unpaired) electrons. The van der Waals surface area contributed by atoms with E-state index in [0.717, 1.165) is 61.4 Å². The number of Topliss-reactive ketones (excluding diaryl/α,β-unsaturated/α-hetero) is 1. The van der Waals surface area contributed by atoms with Crippen LogP contribution < -0.4 is 0 Å². The number of carbonyl (C=O) groups excluding carboxylic acids is 1. The fourth-order valence-electron chi connectivity index (χ4n) is 5.82. The van der Waals surface area contributed by atoms with Gasteiger partial charge in [0.1, 0.15) is 0 Å².